The van der Waals surface area contributed by atoms with Gasteiger partial charge in [0.05, 0.1) is 6.42 Å². The lowest BCUT2D eigenvalue weighted by molar-refractivity contribution is -0.137. The SMILES string of the molecule is CN1CCN(CCc2nc(CCC(=O)O)no2)CC1. The average molecular weight is 268 g/mol. The fourth-order valence-corrected chi connectivity index (χ4v) is 2.04. The summed E-state index contributed by atoms with van der Waals surface area (Å²) in [7, 11) is 2.13. The molecule has 0 saturated carbocycles. The molecule has 1 aromatic rings. The maximum absolute atomic E-state index is 10.4. The van der Waals surface area contributed by atoms with E-state index in [1.165, 1.54) is 0 Å². The Balaban J connectivity index is 1.72. The van der Waals surface area contributed by atoms with E-state index < -0.39 is 5.97 Å². The number of hydrogen-bond acceptors (Lipinski definition) is 6. The molecule has 0 atom stereocenters. The zero-order valence-corrected chi connectivity index (χ0v) is 11.2. The van der Waals surface area contributed by atoms with Crippen molar-refractivity contribution in [3.05, 3.63) is 11.7 Å². The molecule has 2 rings (SSSR count). The van der Waals surface area contributed by atoms with Crippen molar-refractivity contribution in [3.63, 3.8) is 0 Å². The van der Waals surface area contributed by atoms with Crippen molar-refractivity contribution in [1.29, 1.82) is 0 Å². The lowest BCUT2D eigenvalue weighted by atomic mass is 10.3. The average Bonchev–Trinajstić information content (AvgIpc) is 2.84. The first kappa shape index (κ1) is 14.0. The van der Waals surface area contributed by atoms with Crippen LogP contribution in [0.15, 0.2) is 4.52 Å². The molecule has 1 aromatic heterocycles. The van der Waals surface area contributed by atoms with Crippen LogP contribution in [-0.4, -0.2) is 70.8 Å². The molecule has 1 N–H and O–H groups in total. The maximum atomic E-state index is 10.4. The van der Waals surface area contributed by atoms with E-state index in [9.17, 15) is 4.79 Å². The highest BCUT2D eigenvalue weighted by Gasteiger charge is 2.15. The number of carbonyl (C=O) groups is 1. The first-order valence-corrected chi connectivity index (χ1v) is 6.57. The van der Waals surface area contributed by atoms with Crippen molar-refractivity contribution in [1.82, 2.24) is 19.9 Å². The molecule has 1 saturated heterocycles. The Hall–Kier alpha value is -1.47. The highest BCUT2D eigenvalue weighted by Crippen LogP contribution is 2.04. The van der Waals surface area contributed by atoms with Crippen molar-refractivity contribution >= 4 is 5.97 Å². The van der Waals surface area contributed by atoms with E-state index in [1.807, 2.05) is 0 Å². The third kappa shape index (κ3) is 4.60. The largest absolute Gasteiger partial charge is 0.481 e. The summed E-state index contributed by atoms with van der Waals surface area (Å²) in [5.74, 6) is 0.235. The van der Waals surface area contributed by atoms with Gasteiger partial charge in [0.25, 0.3) is 0 Å². The number of aryl methyl sites for hydroxylation is 1. The summed E-state index contributed by atoms with van der Waals surface area (Å²) >= 11 is 0. The van der Waals surface area contributed by atoms with Gasteiger partial charge in [-0.05, 0) is 7.05 Å². The molecule has 1 fully saturated rings. The van der Waals surface area contributed by atoms with Crippen LogP contribution < -0.4 is 0 Å². The second-order valence-electron chi connectivity index (χ2n) is 4.89. The number of carboxylic acids is 1. The lowest BCUT2D eigenvalue weighted by Crippen LogP contribution is -2.45. The topological polar surface area (TPSA) is 82.7 Å². The van der Waals surface area contributed by atoms with Gasteiger partial charge in [0, 0.05) is 45.6 Å². The predicted molar refractivity (Wildman–Crippen MR) is 67.9 cm³/mol. The smallest absolute Gasteiger partial charge is 0.303 e. The van der Waals surface area contributed by atoms with E-state index in [-0.39, 0.29) is 6.42 Å². The molecular formula is C12H20N4O3. The fraction of sp³-hybridized carbons (Fsp3) is 0.750. The van der Waals surface area contributed by atoms with Crippen LogP contribution in [0.1, 0.15) is 18.1 Å². The molecule has 19 heavy (non-hydrogen) atoms. The van der Waals surface area contributed by atoms with Gasteiger partial charge < -0.3 is 19.4 Å². The van der Waals surface area contributed by atoms with Gasteiger partial charge in [-0.3, -0.25) is 4.79 Å². The Bertz CT molecular complexity index is 413. The first-order chi connectivity index (χ1) is 9.13. The van der Waals surface area contributed by atoms with Crippen molar-refractivity contribution < 1.29 is 14.4 Å². The zero-order chi connectivity index (χ0) is 13.7. The number of aliphatic carboxylic acids is 1. The Kier molecular flexibility index (Phi) is 4.86. The van der Waals surface area contributed by atoms with E-state index in [1.54, 1.807) is 0 Å². The molecule has 2 heterocycles. The van der Waals surface area contributed by atoms with Crippen LogP contribution in [0.4, 0.5) is 0 Å². The molecule has 1 aliphatic heterocycles. The number of piperazine rings is 1. The predicted octanol–water partition coefficient (Wildman–Crippen LogP) is -0.123. The van der Waals surface area contributed by atoms with Crippen LogP contribution in [0.25, 0.3) is 0 Å². The molecule has 0 aromatic carbocycles. The zero-order valence-electron chi connectivity index (χ0n) is 11.2. The summed E-state index contributed by atoms with van der Waals surface area (Å²) in [6.07, 6.45) is 1.09. The van der Waals surface area contributed by atoms with Gasteiger partial charge in [-0.15, -0.1) is 0 Å². The summed E-state index contributed by atoms with van der Waals surface area (Å²) in [6, 6.07) is 0. The van der Waals surface area contributed by atoms with E-state index >= 15 is 0 Å². The first-order valence-electron chi connectivity index (χ1n) is 6.57. The van der Waals surface area contributed by atoms with Gasteiger partial charge in [-0.1, -0.05) is 5.16 Å². The minimum Gasteiger partial charge on any atom is -0.481 e. The van der Waals surface area contributed by atoms with Crippen molar-refractivity contribution in [2.45, 2.75) is 19.3 Å². The van der Waals surface area contributed by atoms with E-state index in [0.717, 1.165) is 39.1 Å². The van der Waals surface area contributed by atoms with E-state index in [2.05, 4.69) is 27.0 Å². The summed E-state index contributed by atoms with van der Waals surface area (Å²) < 4.78 is 5.12. The number of carboxylic acid groups (broad SMARTS) is 1. The Morgan fingerprint density at radius 3 is 2.74 bits per heavy atom. The third-order valence-electron chi connectivity index (χ3n) is 3.31. The fourth-order valence-electron chi connectivity index (χ4n) is 2.04. The quantitative estimate of drug-likeness (QED) is 0.770. The van der Waals surface area contributed by atoms with Crippen LogP contribution in [0.3, 0.4) is 0 Å². The molecule has 0 spiro atoms. The molecular weight excluding hydrogens is 248 g/mol. The van der Waals surface area contributed by atoms with E-state index in [4.69, 9.17) is 9.63 Å². The minimum absolute atomic E-state index is 0.0391. The van der Waals surface area contributed by atoms with Gasteiger partial charge in [0.15, 0.2) is 5.82 Å². The Labute approximate surface area is 112 Å². The maximum Gasteiger partial charge on any atom is 0.303 e. The van der Waals surface area contributed by atoms with E-state index in [0.29, 0.717) is 18.1 Å². The molecule has 0 bridgehead atoms. The molecule has 0 radical (unpaired) electrons. The molecule has 1 aliphatic rings. The Morgan fingerprint density at radius 2 is 2.05 bits per heavy atom. The number of rotatable bonds is 6. The van der Waals surface area contributed by atoms with Crippen LogP contribution in [0.5, 0.6) is 0 Å². The molecule has 7 heteroatoms. The third-order valence-corrected chi connectivity index (χ3v) is 3.31. The molecule has 0 aliphatic carbocycles. The highest BCUT2D eigenvalue weighted by atomic mass is 16.5. The van der Waals surface area contributed by atoms with Gasteiger partial charge in [-0.25, -0.2) is 0 Å². The number of nitrogens with zero attached hydrogens (tertiary/aromatic N) is 4. The Morgan fingerprint density at radius 1 is 1.32 bits per heavy atom. The van der Waals surface area contributed by atoms with Crippen LogP contribution in [0.2, 0.25) is 0 Å². The number of likely N-dealkylation sites (N-methyl/N-ethyl adjacent to an activating group) is 1. The van der Waals surface area contributed by atoms with Crippen LogP contribution in [0, 0.1) is 0 Å². The van der Waals surface area contributed by atoms with Crippen molar-refractivity contribution in [2.24, 2.45) is 0 Å². The second-order valence-corrected chi connectivity index (χ2v) is 4.89. The van der Waals surface area contributed by atoms with Crippen LogP contribution >= 0.6 is 0 Å². The van der Waals surface area contributed by atoms with Gasteiger partial charge in [-0.2, -0.15) is 4.98 Å². The summed E-state index contributed by atoms with van der Waals surface area (Å²) in [5.41, 5.74) is 0. The molecule has 0 unspecified atom stereocenters. The second kappa shape index (κ2) is 6.63. The highest BCUT2D eigenvalue weighted by molar-refractivity contribution is 5.66. The number of aromatic nitrogens is 2. The normalized spacial score (nSPS) is 17.7. The summed E-state index contributed by atoms with van der Waals surface area (Å²) in [6.45, 7) is 5.23. The van der Waals surface area contributed by atoms with Gasteiger partial charge in [0.1, 0.15) is 0 Å². The van der Waals surface area contributed by atoms with Gasteiger partial charge >= 0.3 is 5.97 Å². The lowest BCUT2D eigenvalue weighted by Gasteiger charge is -2.31. The monoisotopic (exact) mass is 268 g/mol. The standard InChI is InChI=1S/C12H20N4O3/c1-15-6-8-16(9-7-15)5-4-11-13-10(14-19-11)2-3-12(17)18/h2-9H2,1H3,(H,17,18). The summed E-state index contributed by atoms with van der Waals surface area (Å²) in [5, 5.41) is 12.4. The molecule has 7 nitrogen and oxygen atoms in total. The number of hydrogen-bond donors (Lipinski definition) is 1. The van der Waals surface area contributed by atoms with Gasteiger partial charge in [0.2, 0.25) is 5.89 Å². The van der Waals surface area contributed by atoms with Crippen molar-refractivity contribution in [3.8, 4) is 0 Å². The minimum atomic E-state index is -0.844. The summed E-state index contributed by atoms with van der Waals surface area (Å²) in [4.78, 5) is 19.3. The molecule has 106 valence electrons. The molecule has 0 amide bonds. The van der Waals surface area contributed by atoms with Crippen LogP contribution in [-0.2, 0) is 17.6 Å². The van der Waals surface area contributed by atoms with Crippen molar-refractivity contribution in [2.75, 3.05) is 39.8 Å².